The van der Waals surface area contributed by atoms with Gasteiger partial charge in [0.05, 0.1) is 0 Å². The molecular formula is C16H23N3. The van der Waals surface area contributed by atoms with Gasteiger partial charge in [0.2, 0.25) is 0 Å². The number of benzene rings is 1. The standard InChI is InChI=1S/C16H23N3/c1-13(2)14(11-17)12-18-15-6-5-7-16(10-15)19-8-3-4-9-19/h3-10,13-14,18H,11-12,17H2,1-2H3. The molecule has 0 saturated carbocycles. The topological polar surface area (TPSA) is 43.0 Å². The Morgan fingerprint density at radius 3 is 2.53 bits per heavy atom. The molecule has 0 fully saturated rings. The zero-order chi connectivity index (χ0) is 13.7. The van der Waals surface area contributed by atoms with Crippen LogP contribution in [0.3, 0.4) is 0 Å². The van der Waals surface area contributed by atoms with Crippen LogP contribution in [-0.2, 0) is 0 Å². The molecule has 0 amide bonds. The Morgan fingerprint density at radius 1 is 1.16 bits per heavy atom. The Kier molecular flexibility index (Phi) is 4.63. The lowest BCUT2D eigenvalue weighted by atomic mass is 9.96. The average Bonchev–Trinajstić information content (AvgIpc) is 2.93. The van der Waals surface area contributed by atoms with Crippen LogP contribution in [0.2, 0.25) is 0 Å². The van der Waals surface area contributed by atoms with Crippen LogP contribution in [0.4, 0.5) is 5.69 Å². The Bertz CT molecular complexity index is 488. The maximum atomic E-state index is 5.80. The fourth-order valence-electron chi connectivity index (χ4n) is 2.12. The summed E-state index contributed by atoms with van der Waals surface area (Å²) in [5.41, 5.74) is 8.11. The number of anilines is 1. The fraction of sp³-hybridized carbons (Fsp3) is 0.375. The van der Waals surface area contributed by atoms with Crippen LogP contribution in [0, 0.1) is 11.8 Å². The molecule has 19 heavy (non-hydrogen) atoms. The van der Waals surface area contributed by atoms with Gasteiger partial charge >= 0.3 is 0 Å². The summed E-state index contributed by atoms with van der Waals surface area (Å²) in [6, 6.07) is 12.5. The Balaban J connectivity index is 2.03. The van der Waals surface area contributed by atoms with Crippen LogP contribution in [0.5, 0.6) is 0 Å². The van der Waals surface area contributed by atoms with Crippen molar-refractivity contribution in [1.82, 2.24) is 4.57 Å². The van der Waals surface area contributed by atoms with E-state index >= 15 is 0 Å². The number of nitrogens with two attached hydrogens (primary N) is 1. The van der Waals surface area contributed by atoms with Gasteiger partial charge in [0, 0.05) is 30.3 Å². The van der Waals surface area contributed by atoms with Crippen molar-refractivity contribution in [3.05, 3.63) is 48.8 Å². The predicted molar refractivity (Wildman–Crippen MR) is 81.6 cm³/mol. The molecule has 0 radical (unpaired) electrons. The van der Waals surface area contributed by atoms with Crippen molar-refractivity contribution < 1.29 is 0 Å². The van der Waals surface area contributed by atoms with Crippen molar-refractivity contribution in [3.63, 3.8) is 0 Å². The van der Waals surface area contributed by atoms with Gasteiger partial charge in [-0.25, -0.2) is 0 Å². The van der Waals surface area contributed by atoms with E-state index in [1.165, 1.54) is 5.69 Å². The number of nitrogens with one attached hydrogen (secondary N) is 1. The lowest BCUT2D eigenvalue weighted by molar-refractivity contribution is 0.413. The first-order valence-corrected chi connectivity index (χ1v) is 6.88. The molecule has 1 atom stereocenters. The molecule has 0 saturated heterocycles. The number of aromatic nitrogens is 1. The maximum absolute atomic E-state index is 5.80. The number of hydrogen-bond acceptors (Lipinski definition) is 2. The third-order valence-electron chi connectivity index (χ3n) is 3.56. The van der Waals surface area contributed by atoms with Crippen LogP contribution >= 0.6 is 0 Å². The first kappa shape index (κ1) is 13.7. The summed E-state index contributed by atoms with van der Waals surface area (Å²) >= 11 is 0. The maximum Gasteiger partial charge on any atom is 0.0469 e. The summed E-state index contributed by atoms with van der Waals surface area (Å²) < 4.78 is 2.11. The third-order valence-corrected chi connectivity index (χ3v) is 3.56. The lowest BCUT2D eigenvalue weighted by Gasteiger charge is -2.20. The first-order valence-electron chi connectivity index (χ1n) is 6.88. The van der Waals surface area contributed by atoms with Crippen molar-refractivity contribution in [3.8, 4) is 5.69 Å². The summed E-state index contributed by atoms with van der Waals surface area (Å²) in [6.45, 7) is 6.08. The van der Waals surface area contributed by atoms with Gasteiger partial charge in [-0.15, -0.1) is 0 Å². The van der Waals surface area contributed by atoms with Gasteiger partial charge in [0.1, 0.15) is 0 Å². The quantitative estimate of drug-likeness (QED) is 0.835. The highest BCUT2D eigenvalue weighted by Crippen LogP contribution is 2.16. The molecule has 3 nitrogen and oxygen atoms in total. The van der Waals surface area contributed by atoms with Crippen molar-refractivity contribution in [1.29, 1.82) is 0 Å². The van der Waals surface area contributed by atoms with Gasteiger partial charge in [0.25, 0.3) is 0 Å². The fourth-order valence-corrected chi connectivity index (χ4v) is 2.12. The van der Waals surface area contributed by atoms with Crippen LogP contribution in [0.1, 0.15) is 13.8 Å². The van der Waals surface area contributed by atoms with Crippen molar-refractivity contribution >= 4 is 5.69 Å². The minimum atomic E-state index is 0.509. The van der Waals surface area contributed by atoms with Crippen molar-refractivity contribution in [2.45, 2.75) is 13.8 Å². The highest BCUT2D eigenvalue weighted by molar-refractivity contribution is 5.51. The summed E-state index contributed by atoms with van der Waals surface area (Å²) in [4.78, 5) is 0. The molecule has 1 unspecified atom stereocenters. The summed E-state index contributed by atoms with van der Waals surface area (Å²) in [6.07, 6.45) is 4.10. The van der Waals surface area contributed by atoms with E-state index in [0.717, 1.165) is 18.8 Å². The van der Waals surface area contributed by atoms with E-state index in [0.29, 0.717) is 11.8 Å². The average molecular weight is 257 g/mol. The van der Waals surface area contributed by atoms with E-state index in [9.17, 15) is 0 Å². The SMILES string of the molecule is CC(C)C(CN)CNc1cccc(-n2cccc2)c1. The van der Waals surface area contributed by atoms with Gasteiger partial charge in [-0.3, -0.25) is 0 Å². The van der Waals surface area contributed by atoms with Crippen LogP contribution < -0.4 is 11.1 Å². The normalized spacial score (nSPS) is 12.6. The summed E-state index contributed by atoms with van der Waals surface area (Å²) in [5, 5.41) is 3.49. The zero-order valence-corrected chi connectivity index (χ0v) is 11.7. The van der Waals surface area contributed by atoms with E-state index in [1.54, 1.807) is 0 Å². The van der Waals surface area contributed by atoms with Crippen LogP contribution in [-0.4, -0.2) is 17.7 Å². The molecule has 0 spiro atoms. The molecule has 0 aliphatic carbocycles. The molecular weight excluding hydrogens is 234 g/mol. The van der Waals surface area contributed by atoms with Gasteiger partial charge in [-0.2, -0.15) is 0 Å². The highest BCUT2D eigenvalue weighted by Gasteiger charge is 2.10. The van der Waals surface area contributed by atoms with E-state index in [2.05, 4.69) is 60.4 Å². The molecule has 1 heterocycles. The minimum Gasteiger partial charge on any atom is -0.385 e. The van der Waals surface area contributed by atoms with E-state index in [1.807, 2.05) is 12.1 Å². The van der Waals surface area contributed by atoms with Gasteiger partial charge in [-0.1, -0.05) is 19.9 Å². The van der Waals surface area contributed by atoms with Crippen molar-refractivity contribution in [2.75, 3.05) is 18.4 Å². The zero-order valence-electron chi connectivity index (χ0n) is 11.7. The summed E-state index contributed by atoms with van der Waals surface area (Å²) in [7, 11) is 0. The predicted octanol–water partition coefficient (Wildman–Crippen LogP) is 3.12. The number of rotatable bonds is 6. The van der Waals surface area contributed by atoms with Crippen molar-refractivity contribution in [2.24, 2.45) is 17.6 Å². The molecule has 2 rings (SSSR count). The Labute approximate surface area is 115 Å². The van der Waals surface area contributed by atoms with E-state index < -0.39 is 0 Å². The van der Waals surface area contributed by atoms with E-state index in [4.69, 9.17) is 5.73 Å². The molecule has 3 N–H and O–H groups in total. The van der Waals surface area contributed by atoms with Crippen LogP contribution in [0.15, 0.2) is 48.8 Å². The molecule has 0 aliphatic heterocycles. The number of nitrogens with zero attached hydrogens (tertiary/aromatic N) is 1. The second-order valence-corrected chi connectivity index (χ2v) is 5.26. The monoisotopic (exact) mass is 257 g/mol. The molecule has 0 aliphatic rings. The molecule has 1 aromatic heterocycles. The second-order valence-electron chi connectivity index (χ2n) is 5.26. The lowest BCUT2D eigenvalue weighted by Crippen LogP contribution is -2.27. The number of hydrogen-bond donors (Lipinski definition) is 2. The van der Waals surface area contributed by atoms with Gasteiger partial charge < -0.3 is 15.6 Å². The first-order chi connectivity index (χ1) is 9.20. The summed E-state index contributed by atoms with van der Waals surface area (Å²) in [5.74, 6) is 1.11. The van der Waals surface area contributed by atoms with Gasteiger partial charge in [-0.05, 0) is 48.7 Å². The molecule has 0 bridgehead atoms. The smallest absolute Gasteiger partial charge is 0.0469 e. The second kappa shape index (κ2) is 6.43. The highest BCUT2D eigenvalue weighted by atomic mass is 14.9. The molecule has 3 heteroatoms. The van der Waals surface area contributed by atoms with E-state index in [-0.39, 0.29) is 0 Å². The third kappa shape index (κ3) is 3.61. The molecule has 102 valence electrons. The Hall–Kier alpha value is -1.74. The van der Waals surface area contributed by atoms with Crippen LogP contribution in [0.25, 0.3) is 5.69 Å². The van der Waals surface area contributed by atoms with Gasteiger partial charge in [0.15, 0.2) is 0 Å². The Morgan fingerprint density at radius 2 is 1.89 bits per heavy atom. The molecule has 1 aromatic carbocycles. The molecule has 2 aromatic rings. The minimum absolute atomic E-state index is 0.509. The largest absolute Gasteiger partial charge is 0.385 e.